The number of anilines is 1. The zero-order valence-corrected chi connectivity index (χ0v) is 19.6. The molecule has 0 bridgehead atoms. The molecule has 4 amide bonds. The SMILES string of the molecule is CCOc1cc(/C=C2\C(=O)NC(=O)N(c3ccc(F)cc3)C2=O)cc(Cl)c1OCc1ccccc1F. The van der Waals surface area contributed by atoms with Crippen molar-refractivity contribution in [1.29, 1.82) is 0 Å². The van der Waals surface area contributed by atoms with Crippen LogP contribution in [0.15, 0.2) is 66.2 Å². The van der Waals surface area contributed by atoms with Gasteiger partial charge in [0.05, 0.1) is 17.3 Å². The summed E-state index contributed by atoms with van der Waals surface area (Å²) in [5.74, 6) is -2.42. The molecule has 3 aromatic carbocycles. The lowest BCUT2D eigenvalue weighted by atomic mass is 10.1. The molecular formula is C26H19ClF2N2O5. The number of ether oxygens (including phenoxy) is 2. The van der Waals surface area contributed by atoms with Gasteiger partial charge in [-0.1, -0.05) is 29.8 Å². The molecule has 1 aliphatic heterocycles. The van der Waals surface area contributed by atoms with Crippen LogP contribution in [-0.4, -0.2) is 24.5 Å². The largest absolute Gasteiger partial charge is 0.490 e. The van der Waals surface area contributed by atoms with Gasteiger partial charge in [-0.15, -0.1) is 0 Å². The Morgan fingerprint density at radius 3 is 2.42 bits per heavy atom. The summed E-state index contributed by atoms with van der Waals surface area (Å²) >= 11 is 6.42. The number of hydrogen-bond donors (Lipinski definition) is 1. The molecule has 0 spiro atoms. The fourth-order valence-electron chi connectivity index (χ4n) is 3.49. The Bertz CT molecular complexity index is 1380. The number of nitrogens with one attached hydrogen (secondary N) is 1. The number of barbiturate groups is 1. The number of imide groups is 2. The van der Waals surface area contributed by atoms with Gasteiger partial charge in [-0.3, -0.25) is 14.9 Å². The number of carbonyl (C=O) groups excluding carboxylic acids is 3. The molecule has 7 nitrogen and oxygen atoms in total. The lowest BCUT2D eigenvalue weighted by Gasteiger charge is -2.26. The highest BCUT2D eigenvalue weighted by molar-refractivity contribution is 6.39. The molecule has 10 heteroatoms. The molecule has 1 fully saturated rings. The number of urea groups is 1. The molecule has 1 N–H and O–H groups in total. The van der Waals surface area contributed by atoms with Crippen LogP contribution in [0.5, 0.6) is 11.5 Å². The third kappa shape index (κ3) is 5.21. The van der Waals surface area contributed by atoms with Crippen LogP contribution in [-0.2, 0) is 16.2 Å². The minimum Gasteiger partial charge on any atom is -0.490 e. The highest BCUT2D eigenvalue weighted by Crippen LogP contribution is 2.38. The predicted octanol–water partition coefficient (Wildman–Crippen LogP) is 5.26. The monoisotopic (exact) mass is 512 g/mol. The van der Waals surface area contributed by atoms with E-state index < -0.39 is 29.5 Å². The van der Waals surface area contributed by atoms with Crippen LogP contribution >= 0.6 is 11.6 Å². The standard InChI is InChI=1S/C26H19ClF2N2O5/c1-2-35-22-13-15(12-20(27)23(22)36-14-16-5-3-4-6-21(16)29)11-19-24(32)30-26(34)31(25(19)33)18-9-7-17(28)8-10-18/h3-13H,2,14H2,1H3,(H,30,32,34)/b19-11+. The molecule has 1 heterocycles. The highest BCUT2D eigenvalue weighted by atomic mass is 35.5. The first-order valence-corrected chi connectivity index (χ1v) is 11.2. The lowest BCUT2D eigenvalue weighted by molar-refractivity contribution is -0.122. The zero-order valence-electron chi connectivity index (χ0n) is 18.9. The van der Waals surface area contributed by atoms with Gasteiger partial charge in [0.1, 0.15) is 23.8 Å². The molecule has 0 aromatic heterocycles. The quantitative estimate of drug-likeness (QED) is 0.345. The number of rotatable bonds is 7. The van der Waals surface area contributed by atoms with Gasteiger partial charge >= 0.3 is 6.03 Å². The van der Waals surface area contributed by atoms with Crippen molar-refractivity contribution in [2.75, 3.05) is 11.5 Å². The normalized spacial score (nSPS) is 14.7. The molecule has 184 valence electrons. The third-order valence-corrected chi connectivity index (χ3v) is 5.44. The Morgan fingerprint density at radius 2 is 1.72 bits per heavy atom. The number of halogens is 3. The summed E-state index contributed by atoms with van der Waals surface area (Å²) in [6, 6.07) is 12.8. The van der Waals surface area contributed by atoms with E-state index in [1.165, 1.54) is 36.4 Å². The predicted molar refractivity (Wildman–Crippen MR) is 129 cm³/mol. The van der Waals surface area contributed by atoms with Gasteiger partial charge in [0.2, 0.25) is 0 Å². The number of benzene rings is 3. The van der Waals surface area contributed by atoms with E-state index in [0.29, 0.717) is 11.1 Å². The fourth-order valence-corrected chi connectivity index (χ4v) is 3.76. The summed E-state index contributed by atoms with van der Waals surface area (Å²) in [5, 5.41) is 2.19. The Labute approximate surface area is 209 Å². The molecule has 0 radical (unpaired) electrons. The van der Waals surface area contributed by atoms with Crippen LogP contribution in [0.3, 0.4) is 0 Å². The first-order valence-electron chi connectivity index (χ1n) is 10.8. The average Bonchev–Trinajstić information content (AvgIpc) is 2.83. The maximum absolute atomic E-state index is 14.0. The van der Waals surface area contributed by atoms with Crippen LogP contribution in [0.1, 0.15) is 18.1 Å². The van der Waals surface area contributed by atoms with E-state index in [-0.39, 0.29) is 41.0 Å². The van der Waals surface area contributed by atoms with Crippen LogP contribution in [0.4, 0.5) is 19.3 Å². The van der Waals surface area contributed by atoms with E-state index in [1.807, 2.05) is 0 Å². The topological polar surface area (TPSA) is 84.9 Å². The van der Waals surface area contributed by atoms with Crippen LogP contribution in [0.2, 0.25) is 5.02 Å². The number of carbonyl (C=O) groups is 3. The highest BCUT2D eigenvalue weighted by Gasteiger charge is 2.37. The number of nitrogens with zero attached hydrogens (tertiary/aromatic N) is 1. The summed E-state index contributed by atoms with van der Waals surface area (Å²) in [4.78, 5) is 38.6. The fraction of sp³-hybridized carbons (Fsp3) is 0.115. The first kappa shape index (κ1) is 24.9. The summed E-state index contributed by atoms with van der Waals surface area (Å²) in [7, 11) is 0. The van der Waals surface area contributed by atoms with E-state index in [1.54, 1.807) is 25.1 Å². The molecule has 3 aromatic rings. The van der Waals surface area contributed by atoms with Crippen molar-refractivity contribution in [3.05, 3.63) is 94.0 Å². The van der Waals surface area contributed by atoms with Crippen molar-refractivity contribution >= 4 is 41.2 Å². The second-order valence-corrected chi connectivity index (χ2v) is 7.98. The van der Waals surface area contributed by atoms with Gasteiger partial charge in [-0.25, -0.2) is 18.5 Å². The molecular weight excluding hydrogens is 494 g/mol. The first-order chi connectivity index (χ1) is 17.3. The molecule has 0 saturated carbocycles. The van der Waals surface area contributed by atoms with E-state index in [0.717, 1.165) is 17.0 Å². The van der Waals surface area contributed by atoms with Crippen LogP contribution in [0, 0.1) is 11.6 Å². The molecule has 1 saturated heterocycles. The van der Waals surface area contributed by atoms with Crippen molar-refractivity contribution in [1.82, 2.24) is 5.32 Å². The molecule has 0 atom stereocenters. The van der Waals surface area contributed by atoms with E-state index in [4.69, 9.17) is 21.1 Å². The van der Waals surface area contributed by atoms with Gasteiger partial charge < -0.3 is 9.47 Å². The van der Waals surface area contributed by atoms with E-state index >= 15 is 0 Å². The van der Waals surface area contributed by atoms with Gasteiger partial charge in [0, 0.05) is 5.56 Å². The van der Waals surface area contributed by atoms with Gasteiger partial charge in [0.25, 0.3) is 11.8 Å². The summed E-state index contributed by atoms with van der Waals surface area (Å²) in [5.41, 5.74) is 0.366. The van der Waals surface area contributed by atoms with Crippen molar-refractivity contribution in [3.63, 3.8) is 0 Å². The van der Waals surface area contributed by atoms with Gasteiger partial charge in [-0.05, 0) is 61.0 Å². The molecule has 4 rings (SSSR count). The zero-order chi connectivity index (χ0) is 25.8. The number of amides is 4. The van der Waals surface area contributed by atoms with Crippen molar-refractivity contribution in [2.45, 2.75) is 13.5 Å². The second-order valence-electron chi connectivity index (χ2n) is 7.58. The summed E-state index contributed by atoms with van der Waals surface area (Å²) in [6.07, 6.45) is 1.25. The minimum atomic E-state index is -0.960. The van der Waals surface area contributed by atoms with Crippen LogP contribution < -0.4 is 19.7 Å². The Hall–Kier alpha value is -4.24. The maximum Gasteiger partial charge on any atom is 0.335 e. The molecule has 36 heavy (non-hydrogen) atoms. The molecule has 0 unspecified atom stereocenters. The number of hydrogen-bond acceptors (Lipinski definition) is 5. The van der Waals surface area contributed by atoms with E-state index in [2.05, 4.69) is 5.32 Å². The van der Waals surface area contributed by atoms with Crippen molar-refractivity contribution < 1.29 is 32.6 Å². The van der Waals surface area contributed by atoms with Gasteiger partial charge in [-0.2, -0.15) is 0 Å². The Morgan fingerprint density at radius 1 is 1.00 bits per heavy atom. The smallest absolute Gasteiger partial charge is 0.335 e. The lowest BCUT2D eigenvalue weighted by Crippen LogP contribution is -2.54. The van der Waals surface area contributed by atoms with Crippen molar-refractivity contribution in [3.8, 4) is 11.5 Å². The van der Waals surface area contributed by atoms with E-state index in [9.17, 15) is 23.2 Å². The Kier molecular flexibility index (Phi) is 7.30. The third-order valence-electron chi connectivity index (χ3n) is 5.16. The maximum atomic E-state index is 14.0. The molecule has 0 aliphatic carbocycles. The van der Waals surface area contributed by atoms with Gasteiger partial charge in [0.15, 0.2) is 11.5 Å². The van der Waals surface area contributed by atoms with Crippen molar-refractivity contribution in [2.24, 2.45) is 0 Å². The van der Waals surface area contributed by atoms with Crippen LogP contribution in [0.25, 0.3) is 6.08 Å². The molecule has 1 aliphatic rings. The second kappa shape index (κ2) is 10.6. The average molecular weight is 513 g/mol. The summed E-state index contributed by atoms with van der Waals surface area (Å²) in [6.45, 7) is 1.88. The minimum absolute atomic E-state index is 0.0854. The summed E-state index contributed by atoms with van der Waals surface area (Å²) < 4.78 is 38.6. The Balaban J connectivity index is 1.66.